The molecule has 0 unspecified atom stereocenters. The van der Waals surface area contributed by atoms with Crippen molar-refractivity contribution in [2.75, 3.05) is 5.32 Å². The molecular weight excluding hydrogens is 390 g/mol. The van der Waals surface area contributed by atoms with E-state index in [1.54, 1.807) is 18.3 Å². The van der Waals surface area contributed by atoms with E-state index in [1.807, 2.05) is 6.92 Å². The van der Waals surface area contributed by atoms with Crippen LogP contribution in [0.5, 0.6) is 0 Å². The molecule has 0 spiro atoms. The zero-order valence-electron chi connectivity index (χ0n) is 14.3. The summed E-state index contributed by atoms with van der Waals surface area (Å²) in [6.07, 6.45) is 4.27. The van der Waals surface area contributed by atoms with Gasteiger partial charge in [-0.3, -0.25) is 14.9 Å². The van der Waals surface area contributed by atoms with Gasteiger partial charge in [-0.1, -0.05) is 23.1 Å². The zero-order chi connectivity index (χ0) is 18.3. The van der Waals surface area contributed by atoms with Gasteiger partial charge in [0.2, 0.25) is 11.0 Å². The van der Waals surface area contributed by atoms with Crippen molar-refractivity contribution in [3.05, 3.63) is 25.8 Å². The number of fused-ring (bicyclic) bond motifs is 3. The number of carbonyl (C=O) groups excluding carboxylic acids is 1. The summed E-state index contributed by atoms with van der Waals surface area (Å²) in [6, 6.07) is 0. The van der Waals surface area contributed by atoms with Crippen molar-refractivity contribution in [2.45, 2.75) is 49.9 Å². The molecule has 0 aliphatic heterocycles. The number of nitrogens with one attached hydrogen (secondary N) is 2. The van der Waals surface area contributed by atoms with E-state index in [4.69, 9.17) is 0 Å². The number of anilines is 1. The van der Waals surface area contributed by atoms with Crippen molar-refractivity contribution in [1.82, 2.24) is 20.2 Å². The van der Waals surface area contributed by atoms with E-state index in [9.17, 15) is 9.59 Å². The normalized spacial score (nSPS) is 15.0. The molecule has 0 radical (unpaired) electrons. The summed E-state index contributed by atoms with van der Waals surface area (Å²) in [4.78, 5) is 34.4. The third-order valence-corrected chi connectivity index (χ3v) is 7.14. The lowest BCUT2D eigenvalue weighted by molar-refractivity contribution is -0.115. The van der Waals surface area contributed by atoms with Crippen LogP contribution in [0.15, 0.2) is 9.95 Å². The van der Waals surface area contributed by atoms with Crippen LogP contribution >= 0.6 is 34.4 Å². The Hall–Kier alpha value is -1.78. The van der Waals surface area contributed by atoms with Gasteiger partial charge in [-0.2, -0.15) is 0 Å². The second-order valence-electron chi connectivity index (χ2n) is 6.14. The summed E-state index contributed by atoms with van der Waals surface area (Å²) in [7, 11) is 0. The van der Waals surface area contributed by atoms with Gasteiger partial charge in [-0.25, -0.2) is 4.98 Å². The molecule has 1 aliphatic carbocycles. The van der Waals surface area contributed by atoms with E-state index in [1.165, 1.54) is 40.0 Å². The van der Waals surface area contributed by atoms with E-state index in [-0.39, 0.29) is 11.5 Å². The molecule has 7 nitrogen and oxygen atoms in total. The molecule has 3 aromatic heterocycles. The monoisotopic (exact) mass is 407 g/mol. The number of nitrogens with zero attached hydrogens (tertiary/aromatic N) is 3. The minimum atomic E-state index is -0.422. The fraction of sp³-hybridized carbons (Fsp3) is 0.438. The van der Waals surface area contributed by atoms with Crippen LogP contribution in [0.25, 0.3) is 10.2 Å². The first-order valence-corrected chi connectivity index (χ1v) is 10.8. The number of aromatic amines is 1. The second kappa shape index (κ2) is 7.09. The molecule has 0 saturated heterocycles. The number of amides is 1. The van der Waals surface area contributed by atoms with Gasteiger partial charge in [-0.05, 0) is 45.1 Å². The molecule has 0 aromatic carbocycles. The van der Waals surface area contributed by atoms with E-state index in [0.717, 1.165) is 34.5 Å². The molecule has 26 heavy (non-hydrogen) atoms. The summed E-state index contributed by atoms with van der Waals surface area (Å²) < 4.78 is 0. The van der Waals surface area contributed by atoms with Gasteiger partial charge < -0.3 is 4.98 Å². The minimum Gasteiger partial charge on any atom is -0.301 e. The average molecular weight is 408 g/mol. The highest BCUT2D eigenvalue weighted by molar-refractivity contribution is 8.00. The third-order valence-electron chi connectivity index (χ3n) is 4.22. The van der Waals surface area contributed by atoms with Gasteiger partial charge in [0.1, 0.15) is 9.84 Å². The number of hydrogen-bond acceptors (Lipinski definition) is 8. The lowest BCUT2D eigenvalue weighted by Gasteiger charge is -2.10. The number of H-pyrrole nitrogens is 1. The summed E-state index contributed by atoms with van der Waals surface area (Å²) >= 11 is 4.17. The van der Waals surface area contributed by atoms with E-state index >= 15 is 0 Å². The van der Waals surface area contributed by atoms with Crippen LogP contribution in [0.1, 0.15) is 35.2 Å². The molecule has 0 bridgehead atoms. The predicted molar refractivity (Wildman–Crippen MR) is 105 cm³/mol. The van der Waals surface area contributed by atoms with Crippen LogP contribution in [0.2, 0.25) is 0 Å². The maximum atomic E-state index is 12.6. The van der Waals surface area contributed by atoms with Gasteiger partial charge in [0.15, 0.2) is 5.16 Å². The molecule has 1 atom stereocenters. The summed E-state index contributed by atoms with van der Waals surface area (Å²) in [5.74, 6) is -0.195. The van der Waals surface area contributed by atoms with Crippen LogP contribution in [0.3, 0.4) is 0 Å². The van der Waals surface area contributed by atoms with E-state index in [2.05, 4.69) is 25.5 Å². The average Bonchev–Trinajstić information content (AvgIpc) is 3.17. The van der Waals surface area contributed by atoms with Gasteiger partial charge in [0.05, 0.1) is 10.6 Å². The molecule has 0 saturated carbocycles. The standard InChI is InChI=1S/C16H17N5O2S3/c1-7(12(22)17-16-21-20-8(2)25-16)24-15-18-13(23)11-9-5-3-4-6-10(9)26-14(11)19-15/h7H,3-6H2,1-2H3,(H,17,21,22)(H,18,19,23)/t7-/m1/s1. The molecule has 3 aromatic rings. The van der Waals surface area contributed by atoms with Gasteiger partial charge in [-0.15, -0.1) is 21.5 Å². The molecular formula is C16H17N5O2S3. The SMILES string of the molecule is Cc1nnc(NC(=O)[C@@H](C)Sc2nc3sc4c(c3c(=O)[nH]2)CCCC4)s1. The van der Waals surface area contributed by atoms with Crippen molar-refractivity contribution in [1.29, 1.82) is 0 Å². The fourth-order valence-electron chi connectivity index (χ4n) is 2.98. The molecule has 4 rings (SSSR count). The highest BCUT2D eigenvalue weighted by Gasteiger charge is 2.22. The maximum absolute atomic E-state index is 12.6. The molecule has 0 fully saturated rings. The largest absolute Gasteiger partial charge is 0.301 e. The summed E-state index contributed by atoms with van der Waals surface area (Å²) in [5.41, 5.74) is 1.06. The number of hydrogen-bond donors (Lipinski definition) is 2. The van der Waals surface area contributed by atoms with Crippen molar-refractivity contribution in [2.24, 2.45) is 0 Å². The molecule has 136 valence electrons. The third kappa shape index (κ3) is 3.40. The number of aromatic nitrogens is 4. The number of aryl methyl sites for hydroxylation is 3. The number of thioether (sulfide) groups is 1. The Morgan fingerprint density at radius 3 is 2.85 bits per heavy atom. The van der Waals surface area contributed by atoms with Crippen LogP contribution in [0.4, 0.5) is 5.13 Å². The van der Waals surface area contributed by atoms with Crippen molar-refractivity contribution in [3.8, 4) is 0 Å². The van der Waals surface area contributed by atoms with Crippen LogP contribution in [0, 0.1) is 6.92 Å². The van der Waals surface area contributed by atoms with Gasteiger partial charge in [0, 0.05) is 4.88 Å². The molecule has 2 N–H and O–H groups in total. The molecule has 1 amide bonds. The first-order valence-electron chi connectivity index (χ1n) is 8.33. The summed E-state index contributed by atoms with van der Waals surface area (Å²) in [6.45, 7) is 3.60. The quantitative estimate of drug-likeness (QED) is 0.509. The highest BCUT2D eigenvalue weighted by atomic mass is 32.2. The first kappa shape index (κ1) is 17.6. The van der Waals surface area contributed by atoms with Crippen molar-refractivity contribution in [3.63, 3.8) is 0 Å². The Kier molecular flexibility index (Phi) is 4.80. The summed E-state index contributed by atoms with van der Waals surface area (Å²) in [5, 5.41) is 12.6. The lowest BCUT2D eigenvalue weighted by atomic mass is 9.97. The molecule has 10 heteroatoms. The minimum absolute atomic E-state index is 0.107. The van der Waals surface area contributed by atoms with E-state index < -0.39 is 5.25 Å². The molecule has 3 heterocycles. The maximum Gasteiger partial charge on any atom is 0.260 e. The topological polar surface area (TPSA) is 101 Å². The van der Waals surface area contributed by atoms with Crippen LogP contribution in [-0.4, -0.2) is 31.3 Å². The first-order chi connectivity index (χ1) is 12.5. The number of carbonyl (C=O) groups is 1. The highest BCUT2D eigenvalue weighted by Crippen LogP contribution is 2.34. The Morgan fingerprint density at radius 1 is 1.27 bits per heavy atom. The van der Waals surface area contributed by atoms with Crippen molar-refractivity contribution < 1.29 is 4.79 Å². The van der Waals surface area contributed by atoms with Crippen LogP contribution < -0.4 is 10.9 Å². The molecule has 1 aliphatic rings. The Balaban J connectivity index is 1.55. The lowest BCUT2D eigenvalue weighted by Crippen LogP contribution is -2.23. The van der Waals surface area contributed by atoms with Crippen molar-refractivity contribution >= 4 is 55.7 Å². The smallest absolute Gasteiger partial charge is 0.260 e. The van der Waals surface area contributed by atoms with Gasteiger partial charge in [0.25, 0.3) is 5.56 Å². The number of thiophene rings is 1. The van der Waals surface area contributed by atoms with Crippen LogP contribution in [-0.2, 0) is 17.6 Å². The fourth-order valence-corrected chi connectivity index (χ4v) is 5.69. The number of rotatable bonds is 4. The second-order valence-corrected chi connectivity index (χ2v) is 9.73. The van der Waals surface area contributed by atoms with E-state index in [0.29, 0.717) is 10.3 Å². The Labute approximate surface area is 161 Å². The van der Waals surface area contributed by atoms with Gasteiger partial charge >= 0.3 is 0 Å². The zero-order valence-corrected chi connectivity index (χ0v) is 16.7. The Bertz CT molecular complexity index is 1040. The Morgan fingerprint density at radius 2 is 2.08 bits per heavy atom. The predicted octanol–water partition coefficient (Wildman–Crippen LogP) is 3.14.